The van der Waals surface area contributed by atoms with E-state index in [-0.39, 0.29) is 12.3 Å². The van der Waals surface area contributed by atoms with E-state index in [0.29, 0.717) is 0 Å². The highest BCUT2D eigenvalue weighted by molar-refractivity contribution is 7.51. The van der Waals surface area contributed by atoms with E-state index in [4.69, 9.17) is 0 Å². The van der Waals surface area contributed by atoms with E-state index in [1.54, 1.807) is 20.8 Å². The van der Waals surface area contributed by atoms with Crippen LogP contribution in [0.1, 0.15) is 20.8 Å². The highest BCUT2D eigenvalue weighted by Crippen LogP contribution is 2.37. The fourth-order valence-corrected chi connectivity index (χ4v) is 1.19. The Labute approximate surface area is 55.6 Å². The van der Waals surface area contributed by atoms with Crippen molar-refractivity contribution in [3.05, 3.63) is 0 Å². The molecule has 0 bridgehead atoms. The van der Waals surface area contributed by atoms with E-state index in [1.165, 1.54) is 0 Å². The molecule has 0 saturated carbocycles. The number of hydrogen-bond acceptors (Lipinski definition) is 3. The monoisotopic (exact) mass is 151 g/mol. The molecule has 3 nitrogen and oxygen atoms in total. The van der Waals surface area contributed by atoms with E-state index in [1.807, 2.05) is 0 Å². The zero-order valence-electron chi connectivity index (χ0n) is 5.96. The van der Waals surface area contributed by atoms with Crippen molar-refractivity contribution < 1.29 is 14.0 Å². The molecule has 56 valence electrons. The van der Waals surface area contributed by atoms with Crippen LogP contribution in [-0.4, -0.2) is 12.3 Å². The van der Waals surface area contributed by atoms with Crippen molar-refractivity contribution in [1.29, 1.82) is 0 Å². The van der Waals surface area contributed by atoms with Gasteiger partial charge in [0.15, 0.2) is 0 Å². The molecule has 0 aliphatic rings. The Morgan fingerprint density at radius 3 is 2.22 bits per heavy atom. The SMILES string of the molecule is CCP(=O)([O-])OC(C)C. The average molecular weight is 151 g/mol. The van der Waals surface area contributed by atoms with Gasteiger partial charge in [0, 0.05) is 6.16 Å². The summed E-state index contributed by atoms with van der Waals surface area (Å²) in [6.45, 7) is 4.95. The van der Waals surface area contributed by atoms with Gasteiger partial charge in [0.25, 0.3) is 0 Å². The zero-order valence-corrected chi connectivity index (χ0v) is 6.85. The van der Waals surface area contributed by atoms with E-state index in [2.05, 4.69) is 4.52 Å². The second kappa shape index (κ2) is 3.35. The van der Waals surface area contributed by atoms with E-state index in [0.717, 1.165) is 0 Å². The van der Waals surface area contributed by atoms with Gasteiger partial charge in [0.2, 0.25) is 0 Å². The third kappa shape index (κ3) is 4.64. The van der Waals surface area contributed by atoms with Crippen LogP contribution in [0, 0.1) is 0 Å². The van der Waals surface area contributed by atoms with Gasteiger partial charge in [-0.1, -0.05) is 6.92 Å². The van der Waals surface area contributed by atoms with E-state index >= 15 is 0 Å². The molecule has 0 aliphatic carbocycles. The van der Waals surface area contributed by atoms with Gasteiger partial charge in [0.05, 0.1) is 6.10 Å². The van der Waals surface area contributed by atoms with Gasteiger partial charge in [-0.05, 0) is 13.8 Å². The van der Waals surface area contributed by atoms with Crippen molar-refractivity contribution >= 4 is 7.60 Å². The summed E-state index contributed by atoms with van der Waals surface area (Å²) in [5.74, 6) is 0. The predicted octanol–water partition coefficient (Wildman–Crippen LogP) is 0.985. The molecule has 9 heavy (non-hydrogen) atoms. The molecule has 0 spiro atoms. The van der Waals surface area contributed by atoms with Crippen LogP contribution in [0.15, 0.2) is 0 Å². The molecule has 0 heterocycles. The van der Waals surface area contributed by atoms with Crippen LogP contribution in [0.5, 0.6) is 0 Å². The molecule has 0 saturated heterocycles. The smallest absolute Gasteiger partial charge is 0.134 e. The first-order valence-electron chi connectivity index (χ1n) is 2.96. The Bertz CT molecular complexity index is 121. The second-order valence-electron chi connectivity index (χ2n) is 2.08. The van der Waals surface area contributed by atoms with Gasteiger partial charge in [-0.25, -0.2) is 0 Å². The van der Waals surface area contributed by atoms with Crippen LogP contribution >= 0.6 is 7.60 Å². The third-order valence-corrected chi connectivity index (χ3v) is 2.28. The standard InChI is InChI=1S/C5H13O3P/c1-4-9(6,7)8-5(2)3/h5H,4H2,1-3H3,(H,6,7)/p-1. The Balaban J connectivity index is 3.73. The average Bonchev–Trinajstić information content (AvgIpc) is 1.63. The lowest BCUT2D eigenvalue weighted by Crippen LogP contribution is -2.11. The molecule has 0 aromatic rings. The Hall–Kier alpha value is 0.150. The van der Waals surface area contributed by atoms with Crippen molar-refractivity contribution in [3.63, 3.8) is 0 Å². The van der Waals surface area contributed by atoms with Crippen LogP contribution in [0.2, 0.25) is 0 Å². The third-order valence-electron chi connectivity index (χ3n) is 0.759. The first-order chi connectivity index (χ1) is 3.98. The first kappa shape index (κ1) is 9.15. The Kier molecular flexibility index (Phi) is 3.41. The van der Waals surface area contributed by atoms with Crippen molar-refractivity contribution in [2.75, 3.05) is 6.16 Å². The first-order valence-corrected chi connectivity index (χ1v) is 4.69. The summed E-state index contributed by atoms with van der Waals surface area (Å²) in [6.07, 6.45) is -0.154. The van der Waals surface area contributed by atoms with Crippen LogP contribution in [0.4, 0.5) is 0 Å². The molecule has 0 aromatic carbocycles. The summed E-state index contributed by atoms with van der Waals surface area (Å²) in [7, 11) is -3.48. The predicted molar refractivity (Wildman–Crippen MR) is 34.4 cm³/mol. The van der Waals surface area contributed by atoms with Crippen LogP contribution in [0.25, 0.3) is 0 Å². The summed E-state index contributed by atoms with van der Waals surface area (Å²) in [4.78, 5) is 10.6. The lowest BCUT2D eigenvalue weighted by atomic mass is 10.5. The highest BCUT2D eigenvalue weighted by atomic mass is 31.2. The Morgan fingerprint density at radius 1 is 1.67 bits per heavy atom. The minimum absolute atomic E-state index is 0.0746. The molecule has 0 amide bonds. The minimum Gasteiger partial charge on any atom is -0.778 e. The summed E-state index contributed by atoms with van der Waals surface area (Å²) < 4.78 is 15.2. The summed E-state index contributed by atoms with van der Waals surface area (Å²) in [6, 6.07) is 0. The quantitative estimate of drug-likeness (QED) is 0.565. The molecule has 1 unspecified atom stereocenters. The topological polar surface area (TPSA) is 49.4 Å². The normalized spacial score (nSPS) is 17.9. The maximum atomic E-state index is 10.6. The van der Waals surface area contributed by atoms with Gasteiger partial charge in [-0.2, -0.15) is 0 Å². The molecule has 0 aliphatic heterocycles. The number of rotatable bonds is 3. The summed E-state index contributed by atoms with van der Waals surface area (Å²) in [5, 5.41) is 0. The lowest BCUT2D eigenvalue weighted by molar-refractivity contribution is -0.200. The van der Waals surface area contributed by atoms with Crippen molar-refractivity contribution in [2.24, 2.45) is 0 Å². The molecule has 1 atom stereocenters. The molecule has 0 N–H and O–H groups in total. The van der Waals surface area contributed by atoms with E-state index in [9.17, 15) is 9.46 Å². The van der Waals surface area contributed by atoms with Gasteiger partial charge in [-0.3, -0.25) is 0 Å². The molecule has 4 heteroatoms. The minimum atomic E-state index is -3.48. The number of hydrogen-bond donors (Lipinski definition) is 0. The van der Waals surface area contributed by atoms with Gasteiger partial charge >= 0.3 is 0 Å². The van der Waals surface area contributed by atoms with Crippen LogP contribution < -0.4 is 4.89 Å². The Morgan fingerprint density at radius 2 is 2.11 bits per heavy atom. The van der Waals surface area contributed by atoms with Crippen molar-refractivity contribution in [2.45, 2.75) is 26.9 Å². The molecular formula is C5H12O3P-. The van der Waals surface area contributed by atoms with E-state index < -0.39 is 7.60 Å². The lowest BCUT2D eigenvalue weighted by Gasteiger charge is -2.23. The fraction of sp³-hybridized carbons (Fsp3) is 1.00. The summed E-state index contributed by atoms with van der Waals surface area (Å²) in [5.41, 5.74) is 0. The molecule has 0 fully saturated rings. The molecule has 0 rings (SSSR count). The second-order valence-corrected chi connectivity index (χ2v) is 4.15. The maximum Gasteiger partial charge on any atom is 0.134 e. The maximum absolute atomic E-state index is 10.6. The zero-order chi connectivity index (χ0) is 7.49. The van der Waals surface area contributed by atoms with Gasteiger partial charge in [0.1, 0.15) is 7.60 Å². The fourth-order valence-electron chi connectivity index (χ4n) is 0.396. The van der Waals surface area contributed by atoms with Gasteiger partial charge < -0.3 is 14.0 Å². The van der Waals surface area contributed by atoms with Crippen molar-refractivity contribution in [1.82, 2.24) is 0 Å². The van der Waals surface area contributed by atoms with Crippen LogP contribution in [-0.2, 0) is 9.09 Å². The molecule has 0 aromatic heterocycles. The van der Waals surface area contributed by atoms with Gasteiger partial charge in [-0.15, -0.1) is 0 Å². The molecular weight excluding hydrogens is 139 g/mol. The largest absolute Gasteiger partial charge is 0.778 e. The summed E-state index contributed by atoms with van der Waals surface area (Å²) >= 11 is 0. The molecule has 0 radical (unpaired) electrons. The highest BCUT2D eigenvalue weighted by Gasteiger charge is 2.05. The van der Waals surface area contributed by atoms with Crippen LogP contribution in [0.3, 0.4) is 0 Å². The van der Waals surface area contributed by atoms with Crippen molar-refractivity contribution in [3.8, 4) is 0 Å².